The summed E-state index contributed by atoms with van der Waals surface area (Å²) < 4.78 is 16.6. The van der Waals surface area contributed by atoms with Crippen molar-refractivity contribution in [1.29, 1.82) is 0 Å². The summed E-state index contributed by atoms with van der Waals surface area (Å²) in [5, 5.41) is 15.1. The lowest BCUT2D eigenvalue weighted by Crippen LogP contribution is -2.54. The van der Waals surface area contributed by atoms with Crippen molar-refractivity contribution in [3.63, 3.8) is 0 Å². The molecule has 12 nitrogen and oxygen atoms in total. The normalized spacial score (nSPS) is 23.0. The first-order valence-electron chi connectivity index (χ1n) is 13.3. The second kappa shape index (κ2) is 13.3. The number of esters is 3. The number of nitrogens with one attached hydrogen (secondary N) is 2. The van der Waals surface area contributed by atoms with Gasteiger partial charge in [0.25, 0.3) is 5.91 Å². The van der Waals surface area contributed by atoms with Gasteiger partial charge in [0.1, 0.15) is 11.5 Å². The van der Waals surface area contributed by atoms with E-state index >= 15 is 0 Å². The molecule has 2 aromatic rings. The molecule has 0 spiro atoms. The number of carbonyl (C=O) groups is 6. The molecule has 2 aromatic carbocycles. The van der Waals surface area contributed by atoms with Gasteiger partial charge in [0.2, 0.25) is 12.5 Å². The Morgan fingerprint density at radius 3 is 2.26 bits per heavy atom. The first-order chi connectivity index (χ1) is 19.8. The van der Waals surface area contributed by atoms with Crippen LogP contribution in [-0.4, -0.2) is 65.5 Å². The Bertz CT molecular complexity index is 1360. The molecule has 2 amide bonds. The van der Waals surface area contributed by atoms with Crippen molar-refractivity contribution in [2.45, 2.75) is 65.4 Å². The highest BCUT2D eigenvalue weighted by Crippen LogP contribution is 2.29. The molecule has 1 aliphatic rings. The standard InChI is InChI=1S/C30H34N2O10/c1-16(2)24-28(38)41-21(14-18-10-7-6-8-11-18)25(35)30(4,5)29(39)40-17(3)22(27(37)42-24)32-26(36)19-12-9-13-20(23(19)34)31-15-33/h6-13,15-17,21-22,24,34H,14H2,1-5H3,(H,31,33)(H,32,36)/t17-,21-,22+,24+/m1/s1. The van der Waals surface area contributed by atoms with Gasteiger partial charge in [0.15, 0.2) is 23.7 Å². The average molecular weight is 583 g/mol. The van der Waals surface area contributed by atoms with Crippen molar-refractivity contribution in [3.05, 3.63) is 59.7 Å². The average Bonchev–Trinajstić information content (AvgIpc) is 2.94. The summed E-state index contributed by atoms with van der Waals surface area (Å²) in [5.74, 6) is -6.02. The van der Waals surface area contributed by atoms with Crippen LogP contribution in [0.25, 0.3) is 0 Å². The van der Waals surface area contributed by atoms with E-state index in [9.17, 15) is 33.9 Å². The molecule has 224 valence electrons. The summed E-state index contributed by atoms with van der Waals surface area (Å²) in [7, 11) is 0. The lowest BCUT2D eigenvalue weighted by Gasteiger charge is -2.33. The van der Waals surface area contributed by atoms with E-state index in [1.165, 1.54) is 39.0 Å². The number of ether oxygens (including phenoxy) is 3. The molecule has 0 saturated carbocycles. The van der Waals surface area contributed by atoms with Crippen LogP contribution in [-0.2, 0) is 44.6 Å². The minimum Gasteiger partial charge on any atom is -0.505 e. The van der Waals surface area contributed by atoms with Crippen LogP contribution >= 0.6 is 0 Å². The number of benzene rings is 2. The van der Waals surface area contributed by atoms with Crippen LogP contribution < -0.4 is 10.6 Å². The molecule has 3 N–H and O–H groups in total. The third-order valence-electron chi connectivity index (χ3n) is 6.82. The topological polar surface area (TPSA) is 174 Å². The first kappa shape index (κ1) is 31.8. The van der Waals surface area contributed by atoms with Gasteiger partial charge >= 0.3 is 17.9 Å². The Labute approximate surface area is 242 Å². The first-order valence-corrected chi connectivity index (χ1v) is 13.3. The number of phenolic OH excluding ortho intramolecular Hbond substituents is 1. The number of rotatable bonds is 7. The van der Waals surface area contributed by atoms with E-state index in [4.69, 9.17) is 14.2 Å². The number of hydrogen-bond acceptors (Lipinski definition) is 10. The van der Waals surface area contributed by atoms with E-state index in [2.05, 4.69) is 10.6 Å². The molecule has 4 atom stereocenters. The Balaban J connectivity index is 1.99. The van der Waals surface area contributed by atoms with Gasteiger partial charge in [-0.15, -0.1) is 0 Å². The van der Waals surface area contributed by atoms with E-state index in [1.54, 1.807) is 44.2 Å². The number of phenols is 1. The maximum Gasteiger partial charge on any atom is 0.348 e. The highest BCUT2D eigenvalue weighted by Gasteiger charge is 2.47. The molecule has 1 fully saturated rings. The van der Waals surface area contributed by atoms with Crippen LogP contribution in [0.2, 0.25) is 0 Å². The summed E-state index contributed by atoms with van der Waals surface area (Å²) in [6, 6.07) is 11.1. The van der Waals surface area contributed by atoms with Crippen molar-refractivity contribution >= 4 is 41.7 Å². The molecule has 0 bridgehead atoms. The molecule has 0 unspecified atom stereocenters. The molecule has 0 radical (unpaired) electrons. The van der Waals surface area contributed by atoms with Gasteiger partial charge < -0.3 is 30.0 Å². The van der Waals surface area contributed by atoms with E-state index in [0.29, 0.717) is 12.0 Å². The number of ketones is 1. The second-order valence-corrected chi connectivity index (χ2v) is 10.7. The summed E-state index contributed by atoms with van der Waals surface area (Å²) in [5.41, 5.74) is -1.51. The van der Waals surface area contributed by atoms with E-state index in [-0.39, 0.29) is 17.7 Å². The Morgan fingerprint density at radius 2 is 1.64 bits per heavy atom. The number of cyclic esters (lactones) is 3. The molecule has 42 heavy (non-hydrogen) atoms. The molecular formula is C30H34N2O10. The van der Waals surface area contributed by atoms with Gasteiger partial charge in [-0.3, -0.25) is 19.2 Å². The maximum absolute atomic E-state index is 13.6. The zero-order valence-corrected chi connectivity index (χ0v) is 23.9. The van der Waals surface area contributed by atoms with Gasteiger partial charge in [-0.1, -0.05) is 50.2 Å². The van der Waals surface area contributed by atoms with Crippen LogP contribution in [0.5, 0.6) is 5.75 Å². The van der Waals surface area contributed by atoms with E-state index in [0.717, 1.165) is 0 Å². The van der Waals surface area contributed by atoms with Gasteiger partial charge in [0, 0.05) is 12.3 Å². The minimum absolute atomic E-state index is 0.0311. The van der Waals surface area contributed by atoms with Crippen molar-refractivity contribution in [3.8, 4) is 5.75 Å². The summed E-state index contributed by atoms with van der Waals surface area (Å²) in [6.45, 7) is 7.15. The van der Waals surface area contributed by atoms with Crippen molar-refractivity contribution in [2.24, 2.45) is 11.3 Å². The fourth-order valence-corrected chi connectivity index (χ4v) is 4.26. The van der Waals surface area contributed by atoms with Crippen LogP contribution in [0.3, 0.4) is 0 Å². The number of anilines is 1. The number of Topliss-reactive ketones (excluding diaryl/α,β-unsaturated/α-hetero) is 1. The number of carbonyl (C=O) groups excluding carboxylic acids is 6. The molecule has 12 heteroatoms. The van der Waals surface area contributed by atoms with E-state index < -0.39 is 71.0 Å². The fraction of sp³-hybridized carbons (Fsp3) is 0.400. The monoisotopic (exact) mass is 582 g/mol. The molecule has 0 aliphatic carbocycles. The molecular weight excluding hydrogens is 548 g/mol. The smallest absolute Gasteiger partial charge is 0.348 e. The number of aromatic hydroxyl groups is 1. The zero-order chi connectivity index (χ0) is 31.2. The van der Waals surface area contributed by atoms with Gasteiger partial charge in [-0.2, -0.15) is 0 Å². The minimum atomic E-state index is -1.81. The van der Waals surface area contributed by atoms with Crippen LogP contribution in [0.15, 0.2) is 48.5 Å². The third-order valence-corrected chi connectivity index (χ3v) is 6.82. The van der Waals surface area contributed by atoms with Crippen molar-refractivity contribution < 1.29 is 48.1 Å². The Hall–Kier alpha value is -4.74. The predicted octanol–water partition coefficient (Wildman–Crippen LogP) is 2.32. The van der Waals surface area contributed by atoms with Gasteiger partial charge in [-0.25, -0.2) is 9.59 Å². The molecule has 1 heterocycles. The van der Waals surface area contributed by atoms with Crippen LogP contribution in [0, 0.1) is 11.3 Å². The molecule has 1 aliphatic heterocycles. The summed E-state index contributed by atoms with van der Waals surface area (Å²) in [4.78, 5) is 77.6. The summed E-state index contributed by atoms with van der Waals surface area (Å²) >= 11 is 0. The van der Waals surface area contributed by atoms with Crippen LogP contribution in [0.1, 0.15) is 50.5 Å². The van der Waals surface area contributed by atoms with Crippen molar-refractivity contribution in [1.82, 2.24) is 5.32 Å². The van der Waals surface area contributed by atoms with Gasteiger partial charge in [0.05, 0.1) is 11.3 Å². The number of hydrogen-bond donors (Lipinski definition) is 3. The highest BCUT2D eigenvalue weighted by molar-refractivity contribution is 6.06. The SMILES string of the molecule is CC(C)[C@@H]1OC(=O)[C@@H](NC(=O)c2cccc(NC=O)c2O)[C@@H](C)OC(=O)C(C)(C)C(=O)[C@@H](Cc2ccccc2)OC1=O. The lowest BCUT2D eigenvalue weighted by molar-refractivity contribution is -0.185. The summed E-state index contributed by atoms with van der Waals surface area (Å²) in [6.07, 6.45) is -3.96. The maximum atomic E-state index is 13.6. The fourth-order valence-electron chi connectivity index (χ4n) is 4.26. The quantitative estimate of drug-likeness (QED) is 0.144. The van der Waals surface area contributed by atoms with E-state index in [1.807, 2.05) is 0 Å². The van der Waals surface area contributed by atoms with Crippen LogP contribution in [0.4, 0.5) is 5.69 Å². The second-order valence-electron chi connectivity index (χ2n) is 10.7. The third kappa shape index (κ3) is 7.12. The largest absolute Gasteiger partial charge is 0.505 e. The Kier molecular flexibility index (Phi) is 10.1. The highest BCUT2D eigenvalue weighted by atomic mass is 16.6. The van der Waals surface area contributed by atoms with Crippen molar-refractivity contribution in [2.75, 3.05) is 5.32 Å². The predicted molar refractivity (Wildman–Crippen MR) is 148 cm³/mol. The van der Waals surface area contributed by atoms with Gasteiger partial charge in [-0.05, 0) is 38.5 Å². The Morgan fingerprint density at radius 1 is 0.976 bits per heavy atom. The number of para-hydroxylation sites is 1. The molecule has 3 rings (SSSR count). The molecule has 0 aromatic heterocycles. The lowest BCUT2D eigenvalue weighted by atomic mass is 9.83. The number of amides is 2. The molecule has 1 saturated heterocycles. The zero-order valence-electron chi connectivity index (χ0n) is 23.9.